The first kappa shape index (κ1) is 27.2. The van der Waals surface area contributed by atoms with E-state index in [1.165, 1.54) is 0 Å². The lowest BCUT2D eigenvalue weighted by Gasteiger charge is -2.36. The highest BCUT2D eigenvalue weighted by atomic mass is 32.3. The molecule has 30 heavy (non-hydrogen) atoms. The van der Waals surface area contributed by atoms with Gasteiger partial charge in [-0.05, 0) is 12.8 Å². The first-order valence-electron chi connectivity index (χ1n) is 7.44. The van der Waals surface area contributed by atoms with E-state index < -0.39 is 75.9 Å². The van der Waals surface area contributed by atoms with Crippen LogP contribution in [0.5, 0.6) is 0 Å². The van der Waals surface area contributed by atoms with Gasteiger partial charge in [0.25, 0.3) is 20.0 Å². The second kappa shape index (κ2) is 7.62. The van der Waals surface area contributed by atoms with Gasteiger partial charge >= 0.3 is 32.0 Å². The van der Waals surface area contributed by atoms with Crippen molar-refractivity contribution in [3.8, 4) is 0 Å². The summed E-state index contributed by atoms with van der Waals surface area (Å²) in [4.78, 5) is 0. The minimum atomic E-state index is -7.73. The molecule has 20 heteroatoms. The van der Waals surface area contributed by atoms with Gasteiger partial charge in [-0.2, -0.15) is 43.8 Å². The van der Waals surface area contributed by atoms with Crippen LogP contribution in [0.25, 0.3) is 0 Å². The summed E-state index contributed by atoms with van der Waals surface area (Å²) in [6.45, 7) is -1.59. The van der Waals surface area contributed by atoms with Crippen LogP contribution >= 0.6 is 0 Å². The third-order valence-electron chi connectivity index (χ3n) is 4.00. The molecule has 1 aliphatic heterocycles. The maximum atomic E-state index is 14.1. The molecule has 0 radical (unpaired) electrons. The molecule has 0 unspecified atom stereocenters. The van der Waals surface area contributed by atoms with Gasteiger partial charge in [-0.15, -0.1) is 0 Å². The van der Waals surface area contributed by atoms with Gasteiger partial charge in [-0.3, -0.25) is 0 Å². The Labute approximate surface area is 164 Å². The normalized spacial score (nSPS) is 19.3. The highest BCUT2D eigenvalue weighted by Crippen LogP contribution is 2.53. The topological polar surface area (TPSA) is 109 Å². The minimum absolute atomic E-state index is 0.123. The number of halogens is 9. The van der Waals surface area contributed by atoms with Crippen LogP contribution in [0.15, 0.2) is 0 Å². The van der Waals surface area contributed by atoms with Crippen LogP contribution in [-0.4, -0.2) is 75.3 Å². The zero-order chi connectivity index (χ0) is 24.2. The molecular formula is C10H13F9N2O6S3. The van der Waals surface area contributed by atoms with Gasteiger partial charge in [-0.1, -0.05) is 10.1 Å². The summed E-state index contributed by atoms with van der Waals surface area (Å²) in [5, 5.41) is -14.1. The molecule has 0 N–H and O–H groups in total. The molecule has 0 aromatic carbocycles. The van der Waals surface area contributed by atoms with Crippen LogP contribution in [0.3, 0.4) is 0 Å². The van der Waals surface area contributed by atoms with Crippen LogP contribution in [0, 0.1) is 0 Å². The van der Waals surface area contributed by atoms with Gasteiger partial charge in [0.1, 0.15) is 0 Å². The highest BCUT2D eigenvalue weighted by Gasteiger charge is 2.83. The van der Waals surface area contributed by atoms with Crippen molar-refractivity contribution in [2.45, 2.75) is 41.2 Å². The van der Waals surface area contributed by atoms with Gasteiger partial charge in [0.05, 0.1) is 0 Å². The van der Waals surface area contributed by atoms with Crippen molar-refractivity contribution < 1.29 is 64.8 Å². The Morgan fingerprint density at radius 1 is 0.667 bits per heavy atom. The fraction of sp³-hybridized carbons (Fsp3) is 1.00. The number of nitrogens with zero attached hydrogens (tertiary/aromatic N) is 2. The van der Waals surface area contributed by atoms with E-state index in [0.29, 0.717) is 0 Å². The fourth-order valence-corrected chi connectivity index (χ4v) is 6.41. The van der Waals surface area contributed by atoms with Crippen LogP contribution in [0.2, 0.25) is 0 Å². The predicted molar refractivity (Wildman–Crippen MR) is 80.8 cm³/mol. The third kappa shape index (κ3) is 3.77. The lowest BCUT2D eigenvalue weighted by Crippen LogP contribution is -2.65. The molecule has 0 spiro atoms. The van der Waals surface area contributed by atoms with E-state index in [0.717, 1.165) is 0 Å². The van der Waals surface area contributed by atoms with Crippen molar-refractivity contribution in [2.24, 2.45) is 0 Å². The van der Waals surface area contributed by atoms with E-state index in [2.05, 4.69) is 0 Å². The predicted octanol–water partition coefficient (Wildman–Crippen LogP) is 1.73. The first-order valence-corrected chi connectivity index (χ1v) is 11.8. The monoisotopic (exact) mass is 524 g/mol. The first-order chi connectivity index (χ1) is 13.0. The quantitative estimate of drug-likeness (QED) is 0.470. The third-order valence-corrected chi connectivity index (χ3v) is 9.97. The Morgan fingerprint density at radius 3 is 1.43 bits per heavy atom. The summed E-state index contributed by atoms with van der Waals surface area (Å²) < 4.78 is 187. The molecule has 0 aromatic rings. The number of sulfonamides is 3. The molecule has 1 rings (SSSR count). The lowest BCUT2D eigenvalue weighted by atomic mass is 10.2. The molecule has 0 saturated carbocycles. The van der Waals surface area contributed by atoms with E-state index >= 15 is 0 Å². The molecule has 0 aliphatic carbocycles. The molecule has 0 aromatic heterocycles. The minimum Gasteiger partial charge on any atom is -0.206 e. The average molecular weight is 524 g/mol. The maximum absolute atomic E-state index is 14.1. The summed E-state index contributed by atoms with van der Waals surface area (Å²) in [5.74, 6) is -7.37. The van der Waals surface area contributed by atoms with Gasteiger partial charge in [0, 0.05) is 20.1 Å². The Balaban J connectivity index is 3.58. The molecular weight excluding hydrogens is 511 g/mol. The lowest BCUT2D eigenvalue weighted by molar-refractivity contribution is -0.245. The average Bonchev–Trinajstić information content (AvgIpc) is 2.59. The summed E-state index contributed by atoms with van der Waals surface area (Å²) in [5.41, 5.74) is -6.59. The Morgan fingerprint density at radius 2 is 1.07 bits per heavy atom. The van der Waals surface area contributed by atoms with E-state index in [1.54, 1.807) is 0 Å². The maximum Gasteiger partial charge on any atom is 0.512 e. The Kier molecular flexibility index (Phi) is 6.91. The number of alkyl halides is 9. The molecule has 1 heterocycles. The van der Waals surface area contributed by atoms with Crippen LogP contribution < -0.4 is 0 Å². The molecule has 180 valence electrons. The smallest absolute Gasteiger partial charge is 0.206 e. The molecule has 8 nitrogen and oxygen atoms in total. The number of hydrogen-bond acceptors (Lipinski definition) is 6. The second-order valence-electron chi connectivity index (χ2n) is 5.91. The van der Waals surface area contributed by atoms with Gasteiger partial charge < -0.3 is 0 Å². The van der Waals surface area contributed by atoms with E-state index in [4.69, 9.17) is 0 Å². The van der Waals surface area contributed by atoms with Crippen LogP contribution in [0.1, 0.15) is 19.3 Å². The van der Waals surface area contributed by atoms with Crippen molar-refractivity contribution >= 4 is 30.1 Å². The summed E-state index contributed by atoms with van der Waals surface area (Å²) in [7, 11) is -22.4. The van der Waals surface area contributed by atoms with Crippen LogP contribution in [0.4, 0.5) is 39.5 Å². The number of hydrogen-bond donors (Lipinski definition) is 0. The Bertz CT molecular complexity index is 969. The number of rotatable bonds is 7. The van der Waals surface area contributed by atoms with Crippen molar-refractivity contribution in [3.63, 3.8) is 0 Å². The standard InChI is InChI=1S/C10H13F9N2O6S3/c1-20(30(26,27)10(17,18)19)28(22,23)8(13,14)7(11,12)9(15,16)29(24,25)21-5-3-2-4-6-21/h2-6H2,1H3. The molecule has 1 saturated heterocycles. The zero-order valence-electron chi connectivity index (χ0n) is 14.5. The van der Waals surface area contributed by atoms with E-state index in [1.807, 2.05) is 0 Å². The van der Waals surface area contributed by atoms with Crippen molar-refractivity contribution in [1.29, 1.82) is 0 Å². The van der Waals surface area contributed by atoms with Crippen molar-refractivity contribution in [3.05, 3.63) is 0 Å². The largest absolute Gasteiger partial charge is 0.512 e. The zero-order valence-corrected chi connectivity index (χ0v) is 17.0. The highest BCUT2D eigenvalue weighted by molar-refractivity contribution is 8.05. The molecule has 0 bridgehead atoms. The number of piperidine rings is 1. The van der Waals surface area contributed by atoms with E-state index in [-0.39, 0.29) is 23.6 Å². The van der Waals surface area contributed by atoms with Crippen molar-refractivity contribution in [2.75, 3.05) is 20.1 Å². The summed E-state index contributed by atoms with van der Waals surface area (Å²) >= 11 is 0. The van der Waals surface area contributed by atoms with Crippen LogP contribution in [-0.2, 0) is 30.1 Å². The van der Waals surface area contributed by atoms with Gasteiger partial charge in [0.15, 0.2) is 0 Å². The molecule has 0 amide bonds. The van der Waals surface area contributed by atoms with Gasteiger partial charge in [0.2, 0.25) is 0 Å². The fourth-order valence-electron chi connectivity index (χ4n) is 2.20. The summed E-state index contributed by atoms with van der Waals surface area (Å²) in [6.07, 6.45) is 0.0306. The van der Waals surface area contributed by atoms with Crippen molar-refractivity contribution in [1.82, 2.24) is 8.02 Å². The molecule has 1 aliphatic rings. The van der Waals surface area contributed by atoms with Gasteiger partial charge in [-0.25, -0.2) is 25.3 Å². The molecule has 1 fully saturated rings. The molecule has 0 atom stereocenters. The second-order valence-corrected chi connectivity index (χ2v) is 12.1. The Hall–Kier alpha value is -0.860. The summed E-state index contributed by atoms with van der Waals surface area (Å²) in [6, 6.07) is 0. The SMILES string of the molecule is CN(S(=O)(=O)C(F)(F)F)S(=O)(=O)C(F)(F)C(F)(F)C(F)(F)S(=O)(=O)N1CCCCC1. The van der Waals surface area contributed by atoms with E-state index in [9.17, 15) is 64.8 Å².